The molecule has 0 radical (unpaired) electrons. The topological polar surface area (TPSA) is 180 Å². The van der Waals surface area contributed by atoms with Gasteiger partial charge in [-0.05, 0) is 72.2 Å². The van der Waals surface area contributed by atoms with E-state index in [4.69, 9.17) is 0 Å². The van der Waals surface area contributed by atoms with Crippen molar-refractivity contribution in [3.8, 4) is 0 Å². The third kappa shape index (κ3) is 8.68. The van der Waals surface area contributed by atoms with Crippen LogP contribution in [0.3, 0.4) is 0 Å². The highest BCUT2D eigenvalue weighted by atomic mass is 16.2. The Balaban J connectivity index is 1.04. The van der Waals surface area contributed by atoms with Crippen LogP contribution in [-0.2, 0) is 44.9 Å². The molecule has 1 saturated heterocycles. The van der Waals surface area contributed by atoms with Crippen molar-refractivity contribution in [1.82, 2.24) is 41.2 Å². The summed E-state index contributed by atoms with van der Waals surface area (Å²) in [4.78, 5) is 69.9. The number of hydrogen-bond donors (Lipinski definition) is 8. The van der Waals surface area contributed by atoms with E-state index in [9.17, 15) is 19.2 Å². The zero-order chi connectivity index (χ0) is 41.0. The summed E-state index contributed by atoms with van der Waals surface area (Å²) in [7, 11) is 0. The molecule has 1 fully saturated rings. The van der Waals surface area contributed by atoms with Gasteiger partial charge in [-0.25, -0.2) is 0 Å². The number of fused-ring (bicyclic) bond motifs is 4. The second-order valence-electron chi connectivity index (χ2n) is 16.1. The van der Waals surface area contributed by atoms with Crippen LogP contribution in [0.15, 0.2) is 122 Å². The van der Waals surface area contributed by atoms with E-state index in [1.165, 1.54) is 0 Å². The van der Waals surface area contributed by atoms with Crippen LogP contribution in [0.2, 0.25) is 0 Å². The number of para-hydroxylation sites is 4. The number of carbonyl (C=O) groups excluding carboxylic acids is 4. The summed E-state index contributed by atoms with van der Waals surface area (Å²) in [6, 6.07) is 29.5. The van der Waals surface area contributed by atoms with Gasteiger partial charge in [0.05, 0.1) is 0 Å². The number of hydrogen-bond acceptors (Lipinski definition) is 4. The zero-order valence-corrected chi connectivity index (χ0v) is 33.1. The van der Waals surface area contributed by atoms with E-state index < -0.39 is 24.2 Å². The van der Waals surface area contributed by atoms with E-state index in [2.05, 4.69) is 41.2 Å². The van der Waals surface area contributed by atoms with Crippen LogP contribution < -0.4 is 21.3 Å². The molecule has 0 bridgehead atoms. The second-order valence-corrected chi connectivity index (χ2v) is 16.1. The molecular weight excluding hydrogens is 753 g/mol. The first-order valence-corrected chi connectivity index (χ1v) is 20.7. The molecule has 9 rings (SSSR count). The summed E-state index contributed by atoms with van der Waals surface area (Å²) in [6.45, 7) is 0. The van der Waals surface area contributed by atoms with Crippen molar-refractivity contribution < 1.29 is 19.2 Å². The lowest BCUT2D eigenvalue weighted by atomic mass is 9.97. The van der Waals surface area contributed by atoms with Crippen molar-refractivity contribution in [3.63, 3.8) is 0 Å². The van der Waals surface area contributed by atoms with E-state index in [0.717, 1.165) is 65.9 Å². The summed E-state index contributed by atoms with van der Waals surface area (Å²) in [5.74, 6) is -1.10. The number of nitrogens with one attached hydrogen (secondary N) is 8. The SMILES string of the molecule is O=C1C[C@H](Cc2c[nH]c3ccccc23)NC(=O)C[C@H](Cc2c[nH]c3ccccc23)NC(=O)CC(Cc2c[nH]c3ccccc23)NC(=O)CC(Cc2c[nH]c3ccccc23)N1. The molecule has 8 aromatic rings. The Hall–Kier alpha value is -7.08. The maximum Gasteiger partial charge on any atom is 0.222 e. The van der Waals surface area contributed by atoms with E-state index in [0.29, 0.717) is 25.7 Å². The van der Waals surface area contributed by atoms with Crippen molar-refractivity contribution in [2.75, 3.05) is 0 Å². The van der Waals surface area contributed by atoms with Crippen LogP contribution in [0.5, 0.6) is 0 Å². The minimum absolute atomic E-state index is 0.0140. The Labute approximate surface area is 346 Å². The average molecular weight is 801 g/mol. The number of amides is 4. The molecular formula is C48H48N8O4. The first kappa shape index (κ1) is 38.4. The van der Waals surface area contributed by atoms with Crippen LogP contribution in [-0.4, -0.2) is 67.7 Å². The van der Waals surface area contributed by atoms with E-state index in [1.54, 1.807) is 0 Å². The second kappa shape index (κ2) is 17.0. The molecule has 1 aliphatic rings. The third-order valence-corrected chi connectivity index (χ3v) is 11.8. The van der Waals surface area contributed by atoms with Crippen molar-refractivity contribution in [3.05, 3.63) is 144 Å². The molecule has 4 aromatic heterocycles. The molecule has 8 N–H and O–H groups in total. The highest BCUT2D eigenvalue weighted by molar-refractivity contribution is 5.88. The molecule has 60 heavy (non-hydrogen) atoms. The number of rotatable bonds is 8. The van der Waals surface area contributed by atoms with Gasteiger partial charge >= 0.3 is 0 Å². The Morgan fingerprint density at radius 2 is 0.550 bits per heavy atom. The first-order valence-electron chi connectivity index (χ1n) is 20.7. The van der Waals surface area contributed by atoms with Crippen molar-refractivity contribution >= 4 is 67.2 Å². The van der Waals surface area contributed by atoms with Crippen LogP contribution in [0.25, 0.3) is 43.6 Å². The Morgan fingerprint density at radius 1 is 0.333 bits per heavy atom. The summed E-state index contributed by atoms with van der Waals surface area (Å²) in [5.41, 5.74) is 7.74. The average Bonchev–Trinajstić information content (AvgIpc) is 4.04. The molecule has 4 aromatic carbocycles. The van der Waals surface area contributed by atoms with Crippen LogP contribution in [0, 0.1) is 0 Å². The Kier molecular flexibility index (Phi) is 10.9. The quantitative estimate of drug-likeness (QED) is 0.0888. The molecule has 2 unspecified atom stereocenters. The van der Waals surface area contributed by atoms with Crippen LogP contribution in [0.1, 0.15) is 47.9 Å². The summed E-state index contributed by atoms with van der Waals surface area (Å²) < 4.78 is 0. The summed E-state index contributed by atoms with van der Waals surface area (Å²) in [5, 5.41) is 16.8. The van der Waals surface area contributed by atoms with E-state index in [1.807, 2.05) is 122 Å². The predicted molar refractivity (Wildman–Crippen MR) is 234 cm³/mol. The number of benzene rings is 4. The van der Waals surface area contributed by atoms with E-state index >= 15 is 0 Å². The van der Waals surface area contributed by atoms with Gasteiger partial charge in [0.15, 0.2) is 0 Å². The maximum atomic E-state index is 14.2. The highest BCUT2D eigenvalue weighted by Gasteiger charge is 2.28. The van der Waals surface area contributed by atoms with Crippen molar-refractivity contribution in [1.29, 1.82) is 0 Å². The van der Waals surface area contributed by atoms with Gasteiger partial charge in [-0.1, -0.05) is 72.8 Å². The lowest BCUT2D eigenvalue weighted by Gasteiger charge is -2.26. The minimum Gasteiger partial charge on any atom is -0.361 e. The summed E-state index contributed by atoms with van der Waals surface area (Å²) in [6.07, 6.45) is 9.21. The molecule has 304 valence electrons. The first-order chi connectivity index (χ1) is 29.3. The zero-order valence-electron chi connectivity index (χ0n) is 33.1. The maximum absolute atomic E-state index is 14.2. The molecule has 12 nitrogen and oxygen atoms in total. The van der Waals surface area contributed by atoms with Crippen LogP contribution >= 0.6 is 0 Å². The van der Waals surface area contributed by atoms with Gasteiger partial charge in [0.1, 0.15) is 0 Å². The lowest BCUT2D eigenvalue weighted by molar-refractivity contribution is -0.125. The standard InChI is InChI=1S/C48H48N8O4/c57-45-21-33(17-29-25-49-41-13-5-1-9-37(29)41)53-46(58)22-34(18-30-26-50-42-14-6-2-10-38(30)42)55-48(60)24-36(20-32-28-52-44-16-8-4-12-40(32)44)56-47(59)23-35(54-45)19-31-27-51-43-15-7-3-11-39(31)43/h1-16,25-28,33-36,49-52H,17-24H2,(H,53,58)(H,54,57)(H,55,60)(H,56,59)/t33-,34-,35?,36?/m0/s1. The molecule has 1 aliphatic heterocycles. The Morgan fingerprint density at radius 3 is 0.783 bits per heavy atom. The highest BCUT2D eigenvalue weighted by Crippen LogP contribution is 2.25. The summed E-state index contributed by atoms with van der Waals surface area (Å²) >= 11 is 0. The molecule has 5 heterocycles. The van der Waals surface area contributed by atoms with E-state index in [-0.39, 0.29) is 49.3 Å². The molecule has 0 aliphatic carbocycles. The molecule has 0 saturated carbocycles. The fraction of sp³-hybridized carbons (Fsp3) is 0.250. The number of aromatic amines is 4. The number of carbonyl (C=O) groups is 4. The normalized spacial score (nSPS) is 20.0. The fourth-order valence-corrected chi connectivity index (χ4v) is 9.00. The Bertz CT molecular complexity index is 2410. The lowest BCUT2D eigenvalue weighted by Crippen LogP contribution is -2.49. The van der Waals surface area contributed by atoms with Gasteiger partial charge in [-0.15, -0.1) is 0 Å². The van der Waals surface area contributed by atoms with Gasteiger partial charge in [0, 0.05) is 118 Å². The molecule has 0 spiro atoms. The molecule has 4 amide bonds. The minimum atomic E-state index is -0.572. The van der Waals surface area contributed by atoms with Crippen molar-refractivity contribution in [2.45, 2.75) is 75.5 Å². The van der Waals surface area contributed by atoms with Gasteiger partial charge in [-0.2, -0.15) is 0 Å². The van der Waals surface area contributed by atoms with Gasteiger partial charge in [0.25, 0.3) is 0 Å². The third-order valence-electron chi connectivity index (χ3n) is 11.8. The van der Waals surface area contributed by atoms with Crippen molar-refractivity contribution in [2.24, 2.45) is 0 Å². The van der Waals surface area contributed by atoms with Gasteiger partial charge in [0.2, 0.25) is 23.6 Å². The largest absolute Gasteiger partial charge is 0.361 e. The van der Waals surface area contributed by atoms with Gasteiger partial charge in [-0.3, -0.25) is 19.2 Å². The smallest absolute Gasteiger partial charge is 0.222 e. The van der Waals surface area contributed by atoms with Crippen LogP contribution in [0.4, 0.5) is 0 Å². The predicted octanol–water partition coefficient (Wildman–Crippen LogP) is 6.40. The monoisotopic (exact) mass is 800 g/mol. The number of H-pyrrole nitrogens is 4. The molecule has 12 heteroatoms. The van der Waals surface area contributed by atoms with Gasteiger partial charge < -0.3 is 41.2 Å². The molecule has 4 atom stereocenters. The number of aromatic nitrogens is 4. The fourth-order valence-electron chi connectivity index (χ4n) is 9.00.